The minimum atomic E-state index is -0.858. The van der Waals surface area contributed by atoms with Crippen LogP contribution in [0, 0.1) is 23.7 Å². The number of methoxy groups -OCH3 is 3. The van der Waals surface area contributed by atoms with Gasteiger partial charge in [0.05, 0.1) is 31.3 Å². The highest BCUT2D eigenvalue weighted by atomic mass is 16.6. The number of ether oxygens (including phenoxy) is 4. The molecule has 0 radical (unpaired) electrons. The van der Waals surface area contributed by atoms with E-state index in [1.807, 2.05) is 65.0 Å². The monoisotopic (exact) mass is 832 g/mol. The Kier molecular flexibility index (Phi) is 20.8. The molecule has 0 unspecified atom stereocenters. The van der Waals surface area contributed by atoms with Gasteiger partial charge in [0.2, 0.25) is 17.7 Å². The second-order valence-electron chi connectivity index (χ2n) is 17.9. The van der Waals surface area contributed by atoms with Crippen LogP contribution in [0.3, 0.4) is 0 Å². The third kappa shape index (κ3) is 14.7. The quantitative estimate of drug-likeness (QED) is 0.147. The van der Waals surface area contributed by atoms with Crippen molar-refractivity contribution in [1.29, 1.82) is 0 Å². The van der Waals surface area contributed by atoms with Gasteiger partial charge in [-0.3, -0.25) is 24.2 Å². The molecule has 0 bridgehead atoms. The number of benzene rings is 1. The minimum Gasteiger partial charge on any atom is -0.467 e. The number of likely N-dealkylation sites (tertiary alicyclic amines) is 1. The van der Waals surface area contributed by atoms with Crippen LogP contribution in [0.2, 0.25) is 0 Å². The third-order valence-electron chi connectivity index (χ3n) is 11.7. The van der Waals surface area contributed by atoms with Crippen LogP contribution in [0.25, 0.3) is 0 Å². The van der Waals surface area contributed by atoms with Crippen LogP contribution in [-0.4, -0.2) is 141 Å². The molecule has 336 valence electrons. The molecule has 1 saturated heterocycles. The van der Waals surface area contributed by atoms with Crippen molar-refractivity contribution in [3.8, 4) is 0 Å². The second kappa shape index (κ2) is 23.9. The van der Waals surface area contributed by atoms with E-state index < -0.39 is 53.7 Å². The third-order valence-corrected chi connectivity index (χ3v) is 11.7. The normalized spacial score (nSPS) is 18.8. The lowest BCUT2D eigenvalue weighted by Gasteiger charge is -2.41. The SMILES string of the molecule is CC[C@H](C)[C@@H]([C@@H](CCN1CCC[C@H]1[C@H](OC)[C@@H](C)C(=O)N[C@@H](Cc1ccccc1)C(=O)OC)OC)N(C)C(=O)[C@@H](NC(=O)[C@H](C(C)C)N(C)C(=O)OC(C)(C)C)C(C)C. The molecule has 0 aliphatic carbocycles. The summed E-state index contributed by atoms with van der Waals surface area (Å²) in [6.07, 6.45) is 2.07. The molecule has 59 heavy (non-hydrogen) atoms. The fourth-order valence-corrected chi connectivity index (χ4v) is 8.29. The maximum absolute atomic E-state index is 14.5. The van der Waals surface area contributed by atoms with E-state index in [9.17, 15) is 24.0 Å². The van der Waals surface area contributed by atoms with Crippen LogP contribution in [0.4, 0.5) is 4.79 Å². The van der Waals surface area contributed by atoms with E-state index in [2.05, 4.69) is 29.4 Å². The van der Waals surface area contributed by atoms with Gasteiger partial charge in [-0.15, -0.1) is 0 Å². The van der Waals surface area contributed by atoms with Gasteiger partial charge in [-0.1, -0.05) is 85.2 Å². The number of carbonyl (C=O) groups excluding carboxylic acids is 5. The van der Waals surface area contributed by atoms with Gasteiger partial charge in [0, 0.05) is 47.3 Å². The molecule has 2 N–H and O–H groups in total. The maximum Gasteiger partial charge on any atom is 0.410 e. The minimum absolute atomic E-state index is 0.0568. The van der Waals surface area contributed by atoms with E-state index in [0.717, 1.165) is 31.4 Å². The molecular formula is C45H77N5O9. The molecule has 14 heteroatoms. The van der Waals surface area contributed by atoms with Crippen molar-refractivity contribution >= 4 is 29.8 Å². The zero-order valence-corrected chi connectivity index (χ0v) is 38.7. The van der Waals surface area contributed by atoms with Crippen molar-refractivity contribution < 1.29 is 42.9 Å². The molecule has 4 amide bonds. The van der Waals surface area contributed by atoms with Crippen molar-refractivity contribution in [2.75, 3.05) is 48.5 Å². The zero-order chi connectivity index (χ0) is 44.8. The Morgan fingerprint density at radius 2 is 1.49 bits per heavy atom. The molecule has 1 aromatic carbocycles. The fraction of sp³-hybridized carbons (Fsp3) is 0.756. The first-order valence-electron chi connectivity index (χ1n) is 21.4. The molecule has 1 aliphatic heterocycles. The van der Waals surface area contributed by atoms with Gasteiger partial charge < -0.3 is 34.5 Å². The Hall–Kier alpha value is -3.75. The summed E-state index contributed by atoms with van der Waals surface area (Å²) < 4.78 is 22.8. The summed E-state index contributed by atoms with van der Waals surface area (Å²) in [5.41, 5.74) is 0.172. The van der Waals surface area contributed by atoms with Crippen LogP contribution in [0.5, 0.6) is 0 Å². The van der Waals surface area contributed by atoms with Crippen LogP contribution >= 0.6 is 0 Å². The van der Waals surface area contributed by atoms with Crippen LogP contribution < -0.4 is 10.6 Å². The smallest absolute Gasteiger partial charge is 0.410 e. The number of hydrogen-bond acceptors (Lipinski definition) is 10. The molecule has 1 aromatic rings. The van der Waals surface area contributed by atoms with Crippen molar-refractivity contribution in [3.63, 3.8) is 0 Å². The highest BCUT2D eigenvalue weighted by Gasteiger charge is 2.42. The van der Waals surface area contributed by atoms with E-state index >= 15 is 0 Å². The predicted octanol–water partition coefficient (Wildman–Crippen LogP) is 5.31. The second-order valence-corrected chi connectivity index (χ2v) is 17.9. The van der Waals surface area contributed by atoms with Crippen molar-refractivity contribution in [1.82, 2.24) is 25.3 Å². The van der Waals surface area contributed by atoms with Gasteiger partial charge in [-0.05, 0) is 69.9 Å². The molecule has 9 atom stereocenters. The summed E-state index contributed by atoms with van der Waals surface area (Å²) >= 11 is 0. The summed E-state index contributed by atoms with van der Waals surface area (Å²) in [4.78, 5) is 73.1. The lowest BCUT2D eigenvalue weighted by Crippen LogP contribution is -2.60. The molecule has 0 aromatic heterocycles. The Morgan fingerprint density at radius 3 is 2.00 bits per heavy atom. The van der Waals surface area contributed by atoms with E-state index in [1.54, 1.807) is 54.0 Å². The van der Waals surface area contributed by atoms with Gasteiger partial charge in [0.25, 0.3) is 0 Å². The first-order valence-corrected chi connectivity index (χ1v) is 21.4. The van der Waals surface area contributed by atoms with Crippen LogP contribution in [0.1, 0.15) is 100 Å². The van der Waals surface area contributed by atoms with Crippen molar-refractivity contribution in [2.45, 2.75) is 149 Å². The summed E-state index contributed by atoms with van der Waals surface area (Å²) in [5, 5.41) is 5.92. The Bertz CT molecular complexity index is 1490. The molecular weight excluding hydrogens is 755 g/mol. The lowest BCUT2D eigenvalue weighted by atomic mass is 9.89. The lowest BCUT2D eigenvalue weighted by molar-refractivity contribution is -0.146. The van der Waals surface area contributed by atoms with Crippen molar-refractivity contribution in [2.24, 2.45) is 23.7 Å². The largest absolute Gasteiger partial charge is 0.467 e. The van der Waals surface area contributed by atoms with E-state index in [4.69, 9.17) is 18.9 Å². The molecule has 0 saturated carbocycles. The highest BCUT2D eigenvalue weighted by molar-refractivity contribution is 5.91. The molecule has 1 aliphatic rings. The van der Waals surface area contributed by atoms with Crippen LogP contribution in [0.15, 0.2) is 30.3 Å². The Morgan fingerprint density at radius 1 is 0.864 bits per heavy atom. The molecule has 1 fully saturated rings. The predicted molar refractivity (Wildman–Crippen MR) is 229 cm³/mol. The number of amides is 4. The molecule has 2 rings (SSSR count). The van der Waals surface area contributed by atoms with Gasteiger partial charge in [0.1, 0.15) is 23.7 Å². The van der Waals surface area contributed by atoms with Gasteiger partial charge in [0.15, 0.2) is 0 Å². The molecule has 1 heterocycles. The maximum atomic E-state index is 14.5. The first-order chi connectivity index (χ1) is 27.6. The summed E-state index contributed by atoms with van der Waals surface area (Å²) in [5.74, 6) is -2.46. The number of carbonyl (C=O) groups is 5. The molecule has 0 spiro atoms. The van der Waals surface area contributed by atoms with Crippen molar-refractivity contribution in [3.05, 3.63) is 35.9 Å². The number of rotatable bonds is 22. The topological polar surface area (TPSA) is 156 Å². The number of hydrogen-bond donors (Lipinski definition) is 2. The van der Waals surface area contributed by atoms with E-state index in [0.29, 0.717) is 19.4 Å². The van der Waals surface area contributed by atoms with E-state index in [-0.39, 0.29) is 47.8 Å². The zero-order valence-electron chi connectivity index (χ0n) is 38.7. The summed E-state index contributed by atoms with van der Waals surface area (Å²) in [7, 11) is 7.92. The van der Waals surface area contributed by atoms with Gasteiger partial charge >= 0.3 is 12.1 Å². The fourth-order valence-electron chi connectivity index (χ4n) is 8.29. The standard InChI is InChI=1S/C45H77N5O9/c1-16-30(6)38(48(11)42(53)36(28(2)3)47-41(52)37(29(4)5)49(12)44(55)59-45(8,9)10)35(56-13)24-26-50-25-20-23-34(50)39(57-14)31(7)40(51)46-33(43(54)58-15)27-32-21-18-17-19-22-32/h17-19,21-22,28-31,33-39H,16,20,23-27H2,1-15H3,(H,46,51)(H,47,52)/t30-,31+,33-,34-,35+,36-,37-,38-,39+/m0/s1. The molecule has 14 nitrogen and oxygen atoms in total. The highest BCUT2D eigenvalue weighted by Crippen LogP contribution is 2.29. The number of likely N-dealkylation sites (N-methyl/N-ethyl adjacent to an activating group) is 2. The summed E-state index contributed by atoms with van der Waals surface area (Å²) in [6.45, 7) is 20.3. The Balaban J connectivity index is 2.25. The first kappa shape index (κ1) is 51.4. The van der Waals surface area contributed by atoms with E-state index in [1.165, 1.54) is 12.0 Å². The summed E-state index contributed by atoms with van der Waals surface area (Å²) in [6, 6.07) is 6.57. The Labute approximate surface area is 354 Å². The van der Waals surface area contributed by atoms with Gasteiger partial charge in [-0.2, -0.15) is 0 Å². The number of nitrogens with one attached hydrogen (secondary N) is 2. The number of nitrogens with zero attached hydrogens (tertiary/aromatic N) is 3. The van der Waals surface area contributed by atoms with Crippen LogP contribution in [-0.2, 0) is 44.5 Å². The average molecular weight is 832 g/mol. The average Bonchev–Trinajstić information content (AvgIpc) is 3.64. The number of esters is 1. The van der Waals surface area contributed by atoms with Gasteiger partial charge in [-0.25, -0.2) is 9.59 Å².